The summed E-state index contributed by atoms with van der Waals surface area (Å²) in [4.78, 5) is 9.49. The first-order valence-electron chi connectivity index (χ1n) is 8.22. The average Bonchev–Trinajstić information content (AvgIpc) is 3.26. The molecule has 4 heteroatoms. The minimum atomic E-state index is -0.380. The van der Waals surface area contributed by atoms with Crippen LogP contribution in [0.5, 0.6) is 0 Å². The molecule has 0 aromatic carbocycles. The van der Waals surface area contributed by atoms with Crippen LogP contribution in [0.4, 0.5) is 0 Å². The van der Waals surface area contributed by atoms with Crippen molar-refractivity contribution in [3.63, 3.8) is 0 Å². The zero-order valence-electron chi connectivity index (χ0n) is 14.1. The van der Waals surface area contributed by atoms with Crippen LogP contribution in [0.25, 0.3) is 0 Å². The van der Waals surface area contributed by atoms with Gasteiger partial charge in [-0.25, -0.2) is 9.97 Å². The number of nitrogens with zero attached hydrogens (tertiary/aromatic N) is 2. The molecular weight excluding hydrogens is 262 g/mol. The second-order valence-electron chi connectivity index (χ2n) is 6.19. The number of hydrogen-bond acceptors (Lipinski definition) is 4. The molecule has 4 nitrogen and oxygen atoms in total. The van der Waals surface area contributed by atoms with Crippen LogP contribution in [0, 0.1) is 13.8 Å². The molecule has 118 valence electrons. The molecule has 1 saturated carbocycles. The van der Waals surface area contributed by atoms with Crippen molar-refractivity contribution in [1.29, 1.82) is 0 Å². The van der Waals surface area contributed by atoms with Crippen molar-refractivity contribution in [3.05, 3.63) is 22.8 Å². The summed E-state index contributed by atoms with van der Waals surface area (Å²) in [6, 6.07) is 0.757. The van der Waals surface area contributed by atoms with Gasteiger partial charge in [-0.2, -0.15) is 0 Å². The topological polar surface area (TPSA) is 47.0 Å². The molecule has 1 fully saturated rings. The lowest BCUT2D eigenvalue weighted by atomic mass is 10.0. The molecule has 2 rings (SSSR count). The average molecular weight is 291 g/mol. The first kappa shape index (κ1) is 16.4. The maximum atomic E-state index is 5.90. The van der Waals surface area contributed by atoms with Gasteiger partial charge in [0.1, 0.15) is 5.60 Å². The van der Waals surface area contributed by atoms with Gasteiger partial charge in [0, 0.05) is 24.0 Å². The van der Waals surface area contributed by atoms with Crippen LogP contribution in [0.2, 0.25) is 0 Å². The standard InChI is InChI=1S/C17H29N3O/c1-6-17(5,21-7-2)16-19-12(3)15(13(4)20-16)10-11-18-14-8-9-14/h14,18H,6-11H2,1-5H3. The molecule has 1 atom stereocenters. The van der Waals surface area contributed by atoms with Crippen molar-refractivity contribution in [2.45, 2.75) is 71.9 Å². The fourth-order valence-electron chi connectivity index (χ4n) is 2.67. The number of ether oxygens (including phenoxy) is 1. The summed E-state index contributed by atoms with van der Waals surface area (Å²) in [5.74, 6) is 0.820. The fourth-order valence-corrected chi connectivity index (χ4v) is 2.67. The Morgan fingerprint density at radius 1 is 1.19 bits per heavy atom. The monoisotopic (exact) mass is 291 g/mol. The second-order valence-corrected chi connectivity index (χ2v) is 6.19. The van der Waals surface area contributed by atoms with E-state index in [1.807, 2.05) is 6.92 Å². The van der Waals surface area contributed by atoms with Gasteiger partial charge in [0.25, 0.3) is 0 Å². The molecule has 0 aliphatic heterocycles. The highest BCUT2D eigenvalue weighted by molar-refractivity contribution is 5.26. The molecule has 0 radical (unpaired) electrons. The van der Waals surface area contributed by atoms with Crippen LogP contribution in [0.1, 0.15) is 62.8 Å². The van der Waals surface area contributed by atoms with Crippen molar-refractivity contribution in [2.24, 2.45) is 0 Å². The Morgan fingerprint density at radius 2 is 1.81 bits per heavy atom. The molecule has 0 spiro atoms. The number of aromatic nitrogens is 2. The molecular formula is C17H29N3O. The smallest absolute Gasteiger partial charge is 0.160 e. The highest BCUT2D eigenvalue weighted by Crippen LogP contribution is 2.27. The minimum absolute atomic E-state index is 0.380. The first-order chi connectivity index (χ1) is 10.00. The van der Waals surface area contributed by atoms with Crippen molar-refractivity contribution >= 4 is 0 Å². The van der Waals surface area contributed by atoms with Crippen LogP contribution in [-0.4, -0.2) is 29.2 Å². The molecule has 1 aliphatic rings. The minimum Gasteiger partial charge on any atom is -0.368 e. The maximum absolute atomic E-state index is 5.90. The largest absolute Gasteiger partial charge is 0.368 e. The van der Waals surface area contributed by atoms with Gasteiger partial charge in [0.15, 0.2) is 5.82 Å². The van der Waals surface area contributed by atoms with E-state index < -0.39 is 0 Å². The molecule has 21 heavy (non-hydrogen) atoms. The van der Waals surface area contributed by atoms with Crippen molar-refractivity contribution in [2.75, 3.05) is 13.2 Å². The fraction of sp³-hybridized carbons (Fsp3) is 0.765. The molecule has 1 unspecified atom stereocenters. The van der Waals surface area contributed by atoms with Crippen molar-refractivity contribution < 1.29 is 4.74 Å². The summed E-state index contributed by atoms with van der Waals surface area (Å²) in [6.07, 6.45) is 4.54. The van der Waals surface area contributed by atoms with E-state index in [0.717, 1.165) is 42.6 Å². The van der Waals surface area contributed by atoms with Crippen LogP contribution in [0.3, 0.4) is 0 Å². The van der Waals surface area contributed by atoms with E-state index in [9.17, 15) is 0 Å². The molecule has 0 amide bonds. The van der Waals surface area contributed by atoms with E-state index >= 15 is 0 Å². The third kappa shape index (κ3) is 4.01. The predicted octanol–water partition coefficient (Wildman–Crippen LogP) is 3.05. The summed E-state index contributed by atoms with van der Waals surface area (Å²) in [7, 11) is 0. The van der Waals surface area contributed by atoms with E-state index in [2.05, 4.69) is 33.0 Å². The summed E-state index contributed by atoms with van der Waals surface area (Å²) >= 11 is 0. The lowest BCUT2D eigenvalue weighted by Crippen LogP contribution is -2.29. The molecule has 1 aliphatic carbocycles. The Balaban J connectivity index is 2.14. The third-order valence-electron chi connectivity index (χ3n) is 4.42. The number of rotatable bonds is 8. The van der Waals surface area contributed by atoms with Gasteiger partial charge in [0.2, 0.25) is 0 Å². The number of nitrogens with one attached hydrogen (secondary N) is 1. The molecule has 1 N–H and O–H groups in total. The highest BCUT2D eigenvalue weighted by Gasteiger charge is 2.29. The van der Waals surface area contributed by atoms with Crippen LogP contribution in [-0.2, 0) is 16.8 Å². The summed E-state index contributed by atoms with van der Waals surface area (Å²) < 4.78 is 5.90. The Hall–Kier alpha value is -1.00. The Labute approximate surface area is 128 Å². The van der Waals surface area contributed by atoms with E-state index in [-0.39, 0.29) is 5.60 Å². The molecule has 0 saturated heterocycles. The predicted molar refractivity (Wildman–Crippen MR) is 85.5 cm³/mol. The molecule has 1 heterocycles. The third-order valence-corrected chi connectivity index (χ3v) is 4.42. The van der Waals surface area contributed by atoms with Gasteiger partial charge in [-0.05, 0) is 65.5 Å². The Kier molecular flexibility index (Phi) is 5.33. The highest BCUT2D eigenvalue weighted by atomic mass is 16.5. The van der Waals surface area contributed by atoms with Crippen molar-refractivity contribution in [1.82, 2.24) is 15.3 Å². The van der Waals surface area contributed by atoms with E-state index in [4.69, 9.17) is 14.7 Å². The normalized spacial score (nSPS) is 17.8. The summed E-state index contributed by atoms with van der Waals surface area (Å²) in [5.41, 5.74) is 3.08. The number of hydrogen-bond donors (Lipinski definition) is 1. The maximum Gasteiger partial charge on any atom is 0.160 e. The van der Waals surface area contributed by atoms with Crippen LogP contribution in [0.15, 0.2) is 0 Å². The number of aryl methyl sites for hydroxylation is 2. The molecule has 1 aromatic heterocycles. The van der Waals surface area contributed by atoms with Crippen molar-refractivity contribution in [3.8, 4) is 0 Å². The van der Waals surface area contributed by atoms with Crippen LogP contribution < -0.4 is 5.32 Å². The molecule has 0 bridgehead atoms. The van der Waals surface area contributed by atoms with Crippen LogP contribution >= 0.6 is 0 Å². The second kappa shape index (κ2) is 6.84. The summed E-state index contributed by atoms with van der Waals surface area (Å²) in [6.45, 7) is 12.1. The van der Waals surface area contributed by atoms with E-state index in [1.54, 1.807) is 0 Å². The first-order valence-corrected chi connectivity index (χ1v) is 8.22. The van der Waals surface area contributed by atoms with E-state index in [0.29, 0.717) is 6.61 Å². The zero-order chi connectivity index (χ0) is 15.5. The SMILES string of the molecule is CCOC(C)(CC)c1nc(C)c(CCNC2CC2)c(C)n1. The zero-order valence-corrected chi connectivity index (χ0v) is 14.1. The quantitative estimate of drug-likeness (QED) is 0.799. The lowest BCUT2D eigenvalue weighted by molar-refractivity contribution is -0.0393. The van der Waals surface area contributed by atoms with Gasteiger partial charge in [-0.15, -0.1) is 0 Å². The molecule has 1 aromatic rings. The van der Waals surface area contributed by atoms with Gasteiger partial charge >= 0.3 is 0 Å². The van der Waals surface area contributed by atoms with Gasteiger partial charge in [-0.3, -0.25) is 0 Å². The Bertz CT molecular complexity index is 462. The lowest BCUT2D eigenvalue weighted by Gasteiger charge is -2.27. The Morgan fingerprint density at radius 3 is 2.29 bits per heavy atom. The van der Waals surface area contributed by atoms with E-state index in [1.165, 1.54) is 18.4 Å². The van der Waals surface area contributed by atoms with Gasteiger partial charge in [0.05, 0.1) is 0 Å². The van der Waals surface area contributed by atoms with Gasteiger partial charge < -0.3 is 10.1 Å². The summed E-state index contributed by atoms with van der Waals surface area (Å²) in [5, 5.41) is 3.56. The van der Waals surface area contributed by atoms with Gasteiger partial charge in [-0.1, -0.05) is 6.92 Å².